The molecular formula is C24H21NO4. The van der Waals surface area contributed by atoms with E-state index in [1.54, 1.807) is 31.2 Å². The van der Waals surface area contributed by atoms with Gasteiger partial charge in [0.15, 0.2) is 17.3 Å². The Balaban J connectivity index is 1.50. The van der Waals surface area contributed by atoms with Gasteiger partial charge in [0.25, 0.3) is 5.91 Å². The fourth-order valence-electron chi connectivity index (χ4n) is 3.23. The predicted molar refractivity (Wildman–Crippen MR) is 113 cm³/mol. The molecule has 0 aliphatic heterocycles. The maximum absolute atomic E-state index is 12.9. The summed E-state index contributed by atoms with van der Waals surface area (Å²) in [6.07, 6.45) is 0. The third-order valence-electron chi connectivity index (χ3n) is 4.74. The molecule has 5 nitrogen and oxygen atoms in total. The number of rotatable bonds is 6. The second kappa shape index (κ2) is 8.10. The van der Waals surface area contributed by atoms with E-state index in [4.69, 9.17) is 13.9 Å². The molecule has 1 amide bonds. The molecule has 146 valence electrons. The molecule has 1 heterocycles. The third-order valence-corrected chi connectivity index (χ3v) is 4.74. The summed E-state index contributed by atoms with van der Waals surface area (Å²) in [6.45, 7) is 0.200. The molecule has 0 fully saturated rings. The van der Waals surface area contributed by atoms with Crippen LogP contribution in [0.2, 0.25) is 0 Å². The Morgan fingerprint density at radius 3 is 2.45 bits per heavy atom. The van der Waals surface area contributed by atoms with Crippen molar-refractivity contribution < 1.29 is 18.7 Å². The maximum Gasteiger partial charge on any atom is 0.293 e. The van der Waals surface area contributed by atoms with Gasteiger partial charge in [0.2, 0.25) is 0 Å². The lowest BCUT2D eigenvalue weighted by Crippen LogP contribution is -2.26. The van der Waals surface area contributed by atoms with Crippen LogP contribution in [0.4, 0.5) is 5.69 Å². The van der Waals surface area contributed by atoms with Crippen LogP contribution in [0.3, 0.4) is 0 Å². The number of furan rings is 1. The van der Waals surface area contributed by atoms with Gasteiger partial charge >= 0.3 is 0 Å². The van der Waals surface area contributed by atoms with E-state index < -0.39 is 0 Å². The molecule has 0 spiro atoms. The Morgan fingerprint density at radius 1 is 0.897 bits per heavy atom. The fourth-order valence-corrected chi connectivity index (χ4v) is 3.23. The zero-order valence-electron chi connectivity index (χ0n) is 16.3. The maximum atomic E-state index is 12.9. The Labute approximate surface area is 169 Å². The number of amides is 1. The first-order valence-corrected chi connectivity index (χ1v) is 9.27. The minimum Gasteiger partial charge on any atom is -0.493 e. The van der Waals surface area contributed by atoms with E-state index >= 15 is 0 Å². The summed E-state index contributed by atoms with van der Waals surface area (Å²) < 4.78 is 16.8. The second-order valence-electron chi connectivity index (χ2n) is 6.57. The van der Waals surface area contributed by atoms with E-state index in [-0.39, 0.29) is 18.3 Å². The smallest absolute Gasteiger partial charge is 0.293 e. The molecule has 0 saturated heterocycles. The van der Waals surface area contributed by atoms with Gasteiger partial charge in [-0.3, -0.25) is 4.79 Å². The summed E-state index contributed by atoms with van der Waals surface area (Å²) in [5, 5.41) is 2.09. The molecule has 0 unspecified atom stereocenters. The number of methoxy groups -OCH3 is 1. The highest BCUT2D eigenvalue weighted by atomic mass is 16.5. The first-order chi connectivity index (χ1) is 14.2. The van der Waals surface area contributed by atoms with Crippen molar-refractivity contribution >= 4 is 22.4 Å². The number of benzene rings is 3. The Morgan fingerprint density at radius 2 is 1.62 bits per heavy atom. The molecule has 0 aliphatic rings. The van der Waals surface area contributed by atoms with Crippen molar-refractivity contribution in [2.75, 3.05) is 19.1 Å². The molecular weight excluding hydrogens is 366 g/mol. The molecule has 4 rings (SSSR count). The van der Waals surface area contributed by atoms with E-state index in [1.807, 2.05) is 66.7 Å². The highest BCUT2D eigenvalue weighted by Crippen LogP contribution is 2.28. The van der Waals surface area contributed by atoms with E-state index in [0.717, 1.165) is 16.5 Å². The number of ether oxygens (including phenoxy) is 2. The van der Waals surface area contributed by atoms with Gasteiger partial charge in [0.05, 0.1) is 12.8 Å². The van der Waals surface area contributed by atoms with E-state index in [9.17, 15) is 4.79 Å². The van der Waals surface area contributed by atoms with Gasteiger partial charge in [-0.1, -0.05) is 48.5 Å². The van der Waals surface area contributed by atoms with Crippen molar-refractivity contribution in [3.05, 3.63) is 90.4 Å². The van der Waals surface area contributed by atoms with E-state index in [2.05, 4.69) is 0 Å². The molecule has 0 radical (unpaired) electrons. The molecule has 5 heteroatoms. The molecule has 0 bridgehead atoms. The monoisotopic (exact) mass is 387 g/mol. The van der Waals surface area contributed by atoms with E-state index in [0.29, 0.717) is 17.3 Å². The lowest BCUT2D eigenvalue weighted by Gasteiger charge is -2.18. The van der Waals surface area contributed by atoms with Crippen molar-refractivity contribution in [3.63, 3.8) is 0 Å². The van der Waals surface area contributed by atoms with Gasteiger partial charge in [-0.2, -0.15) is 0 Å². The minimum atomic E-state index is -0.218. The van der Waals surface area contributed by atoms with Crippen LogP contribution in [-0.2, 0) is 6.61 Å². The number of hydrogen-bond donors (Lipinski definition) is 0. The molecule has 1 aromatic heterocycles. The van der Waals surface area contributed by atoms with E-state index in [1.165, 1.54) is 0 Å². The number of nitrogens with zero attached hydrogens (tertiary/aromatic N) is 1. The van der Waals surface area contributed by atoms with Crippen LogP contribution >= 0.6 is 0 Å². The quantitative estimate of drug-likeness (QED) is 0.451. The second-order valence-corrected chi connectivity index (χ2v) is 6.57. The largest absolute Gasteiger partial charge is 0.493 e. The highest BCUT2D eigenvalue weighted by Gasteiger charge is 2.19. The SMILES string of the molecule is COc1ccccc1OCc1ccc(C(=O)N(C)c2cccc3ccccc23)o1. The summed E-state index contributed by atoms with van der Waals surface area (Å²) in [4.78, 5) is 14.6. The van der Waals surface area contributed by atoms with Gasteiger partial charge in [0, 0.05) is 12.4 Å². The van der Waals surface area contributed by atoms with Crippen LogP contribution in [-0.4, -0.2) is 20.1 Å². The van der Waals surface area contributed by atoms with Gasteiger partial charge in [0.1, 0.15) is 12.4 Å². The van der Waals surface area contributed by atoms with Crippen LogP contribution in [0, 0.1) is 0 Å². The van der Waals surface area contributed by atoms with Crippen LogP contribution in [0.15, 0.2) is 83.3 Å². The van der Waals surface area contributed by atoms with Crippen molar-refractivity contribution in [1.29, 1.82) is 0 Å². The Bertz CT molecular complexity index is 1140. The average Bonchev–Trinajstić information content (AvgIpc) is 3.25. The molecule has 4 aromatic rings. The first kappa shape index (κ1) is 18.6. The van der Waals surface area contributed by atoms with Crippen LogP contribution < -0.4 is 14.4 Å². The third kappa shape index (κ3) is 3.80. The Hall–Kier alpha value is -3.73. The summed E-state index contributed by atoms with van der Waals surface area (Å²) in [5.41, 5.74) is 0.830. The van der Waals surface area contributed by atoms with Crippen LogP contribution in [0.5, 0.6) is 11.5 Å². The summed E-state index contributed by atoms with van der Waals surface area (Å²) in [6, 6.07) is 24.7. The van der Waals surface area contributed by atoms with Crippen molar-refractivity contribution in [1.82, 2.24) is 0 Å². The minimum absolute atomic E-state index is 0.200. The predicted octanol–water partition coefficient (Wildman–Crippen LogP) is 5.30. The zero-order chi connectivity index (χ0) is 20.2. The number of hydrogen-bond acceptors (Lipinski definition) is 4. The van der Waals surface area contributed by atoms with Crippen molar-refractivity contribution in [2.45, 2.75) is 6.61 Å². The molecule has 0 aliphatic carbocycles. The number of carbonyl (C=O) groups is 1. The zero-order valence-corrected chi connectivity index (χ0v) is 16.3. The molecule has 3 aromatic carbocycles. The summed E-state index contributed by atoms with van der Waals surface area (Å²) >= 11 is 0. The standard InChI is InChI=1S/C24H21NO4/c1-25(20-11-7-9-17-8-3-4-10-19(17)20)24(26)23-15-14-18(29-23)16-28-22-13-6-5-12-21(22)27-2/h3-15H,16H2,1-2H3. The lowest BCUT2D eigenvalue weighted by atomic mass is 10.1. The average molecular weight is 387 g/mol. The normalized spacial score (nSPS) is 10.7. The fraction of sp³-hybridized carbons (Fsp3) is 0.125. The number of para-hydroxylation sites is 2. The lowest BCUT2D eigenvalue weighted by molar-refractivity contribution is 0.0962. The van der Waals surface area contributed by atoms with Gasteiger partial charge in [-0.25, -0.2) is 0 Å². The first-order valence-electron chi connectivity index (χ1n) is 9.27. The number of fused-ring (bicyclic) bond motifs is 1. The van der Waals surface area contributed by atoms with Crippen LogP contribution in [0.1, 0.15) is 16.3 Å². The Kier molecular flexibility index (Phi) is 5.20. The van der Waals surface area contributed by atoms with Crippen LogP contribution in [0.25, 0.3) is 10.8 Å². The van der Waals surface area contributed by atoms with Gasteiger partial charge < -0.3 is 18.8 Å². The molecule has 0 atom stereocenters. The molecule has 29 heavy (non-hydrogen) atoms. The topological polar surface area (TPSA) is 51.9 Å². The van der Waals surface area contributed by atoms with Gasteiger partial charge in [-0.05, 0) is 35.7 Å². The highest BCUT2D eigenvalue weighted by molar-refractivity contribution is 6.09. The molecule has 0 saturated carbocycles. The number of anilines is 1. The summed E-state index contributed by atoms with van der Waals surface area (Å²) in [5.74, 6) is 1.87. The molecule has 0 N–H and O–H groups in total. The number of carbonyl (C=O) groups excluding carboxylic acids is 1. The summed E-state index contributed by atoms with van der Waals surface area (Å²) in [7, 11) is 3.34. The van der Waals surface area contributed by atoms with Gasteiger partial charge in [-0.15, -0.1) is 0 Å². The van der Waals surface area contributed by atoms with Crippen molar-refractivity contribution in [2.24, 2.45) is 0 Å². The van der Waals surface area contributed by atoms with Crippen molar-refractivity contribution in [3.8, 4) is 11.5 Å².